The van der Waals surface area contributed by atoms with Crippen LogP contribution in [-0.4, -0.2) is 42.1 Å². The van der Waals surface area contributed by atoms with Crippen molar-refractivity contribution in [1.82, 2.24) is 9.88 Å². The van der Waals surface area contributed by atoms with Crippen LogP contribution in [0.2, 0.25) is 0 Å². The topological polar surface area (TPSA) is 94.5 Å². The molecular weight excluding hydrogens is 431 g/mol. The Morgan fingerprint density at radius 2 is 1.74 bits per heavy atom. The lowest BCUT2D eigenvalue weighted by Crippen LogP contribution is -2.48. The molecule has 2 saturated heterocycles. The highest BCUT2D eigenvalue weighted by atomic mass is 19.1. The maximum atomic E-state index is 14.4. The summed E-state index contributed by atoms with van der Waals surface area (Å²) in [6.07, 6.45) is 5.46. The zero-order valence-electron chi connectivity index (χ0n) is 18.8. The van der Waals surface area contributed by atoms with Gasteiger partial charge in [0.2, 0.25) is 5.91 Å². The average molecular weight is 459 g/mol. The summed E-state index contributed by atoms with van der Waals surface area (Å²) < 4.78 is 19.8. The average Bonchev–Trinajstić information content (AvgIpc) is 2.82. The number of pyridine rings is 1. The van der Waals surface area contributed by atoms with Gasteiger partial charge in [-0.1, -0.05) is 30.3 Å². The first-order valence-corrected chi connectivity index (χ1v) is 11.5. The summed E-state index contributed by atoms with van der Waals surface area (Å²) in [6, 6.07) is 14.5. The summed E-state index contributed by atoms with van der Waals surface area (Å²) in [4.78, 5) is 18.8. The SMILES string of the molecule is Nc1ccc(-c2cc(-c3ccc(C=C4CN(C(=O)C5CCOCC5)C4)cc3)cnc2N)c(F)c1. The van der Waals surface area contributed by atoms with Gasteiger partial charge in [-0.05, 0) is 53.8 Å². The Morgan fingerprint density at radius 3 is 2.44 bits per heavy atom. The van der Waals surface area contributed by atoms with Crippen molar-refractivity contribution in [1.29, 1.82) is 0 Å². The van der Waals surface area contributed by atoms with Crippen LogP contribution in [0.3, 0.4) is 0 Å². The number of amides is 1. The molecule has 0 aliphatic carbocycles. The van der Waals surface area contributed by atoms with Gasteiger partial charge >= 0.3 is 0 Å². The van der Waals surface area contributed by atoms with Crippen LogP contribution in [0, 0.1) is 11.7 Å². The van der Waals surface area contributed by atoms with E-state index in [1.54, 1.807) is 18.3 Å². The number of anilines is 2. The number of ether oxygens (including phenoxy) is 1. The Bertz CT molecular complexity index is 1240. The smallest absolute Gasteiger partial charge is 0.226 e. The maximum absolute atomic E-state index is 14.4. The van der Waals surface area contributed by atoms with Crippen molar-refractivity contribution in [3.05, 3.63) is 71.7 Å². The van der Waals surface area contributed by atoms with Crippen LogP contribution < -0.4 is 11.5 Å². The molecule has 0 saturated carbocycles. The molecule has 6 nitrogen and oxygen atoms in total. The monoisotopic (exact) mass is 458 g/mol. The van der Waals surface area contributed by atoms with Crippen molar-refractivity contribution in [3.63, 3.8) is 0 Å². The summed E-state index contributed by atoms with van der Waals surface area (Å²) in [7, 11) is 0. The van der Waals surface area contributed by atoms with Gasteiger partial charge in [-0.25, -0.2) is 9.37 Å². The van der Waals surface area contributed by atoms with Gasteiger partial charge < -0.3 is 21.1 Å². The van der Waals surface area contributed by atoms with Gasteiger partial charge in [-0.15, -0.1) is 0 Å². The van der Waals surface area contributed by atoms with E-state index in [0.717, 1.165) is 29.5 Å². The fourth-order valence-corrected chi connectivity index (χ4v) is 4.50. The van der Waals surface area contributed by atoms with E-state index in [2.05, 4.69) is 11.1 Å². The fraction of sp³-hybridized carbons (Fsp3) is 0.259. The Hall–Kier alpha value is -3.71. The number of halogens is 1. The number of rotatable bonds is 4. The van der Waals surface area contributed by atoms with E-state index in [1.165, 1.54) is 11.6 Å². The second-order valence-corrected chi connectivity index (χ2v) is 8.90. The van der Waals surface area contributed by atoms with Gasteiger partial charge in [-0.3, -0.25) is 4.79 Å². The molecule has 1 amide bonds. The number of likely N-dealkylation sites (tertiary alicyclic amines) is 1. The van der Waals surface area contributed by atoms with E-state index in [9.17, 15) is 9.18 Å². The predicted molar refractivity (Wildman–Crippen MR) is 132 cm³/mol. The minimum absolute atomic E-state index is 0.106. The molecule has 0 bridgehead atoms. The normalized spacial score (nSPS) is 16.3. The quantitative estimate of drug-likeness (QED) is 0.566. The van der Waals surface area contributed by atoms with Crippen LogP contribution in [0.25, 0.3) is 28.3 Å². The summed E-state index contributed by atoms with van der Waals surface area (Å²) in [5, 5.41) is 0. The highest BCUT2D eigenvalue weighted by molar-refractivity contribution is 5.82. The van der Waals surface area contributed by atoms with Gasteiger partial charge in [0.05, 0.1) is 0 Å². The van der Waals surface area contributed by atoms with E-state index >= 15 is 0 Å². The zero-order chi connectivity index (χ0) is 23.7. The lowest BCUT2D eigenvalue weighted by Gasteiger charge is -2.37. The van der Waals surface area contributed by atoms with Crippen LogP contribution in [0.4, 0.5) is 15.9 Å². The third-order valence-electron chi connectivity index (χ3n) is 6.49. The highest BCUT2D eigenvalue weighted by Crippen LogP contribution is 2.32. The number of nitrogens with zero attached hydrogens (tertiary/aromatic N) is 2. The van der Waals surface area contributed by atoms with Crippen LogP contribution in [0.5, 0.6) is 0 Å². The highest BCUT2D eigenvalue weighted by Gasteiger charge is 2.31. The molecule has 2 fully saturated rings. The van der Waals surface area contributed by atoms with Crippen LogP contribution in [0.1, 0.15) is 18.4 Å². The van der Waals surface area contributed by atoms with E-state index in [0.29, 0.717) is 43.1 Å². The Labute approximate surface area is 198 Å². The number of nitrogens with two attached hydrogens (primary N) is 2. The maximum Gasteiger partial charge on any atom is 0.226 e. The molecule has 2 aliphatic rings. The molecule has 3 heterocycles. The van der Waals surface area contributed by atoms with Gasteiger partial charge in [-0.2, -0.15) is 0 Å². The number of nitrogen functional groups attached to an aromatic ring is 2. The van der Waals surface area contributed by atoms with Crippen molar-refractivity contribution in [2.45, 2.75) is 12.8 Å². The molecule has 7 heteroatoms. The third kappa shape index (κ3) is 4.52. The molecule has 5 rings (SSSR count). The van der Waals surface area contributed by atoms with E-state index in [4.69, 9.17) is 16.2 Å². The van der Waals surface area contributed by atoms with Crippen LogP contribution in [0.15, 0.2) is 60.3 Å². The molecule has 0 atom stereocenters. The number of hydrogen-bond acceptors (Lipinski definition) is 5. The first-order valence-electron chi connectivity index (χ1n) is 11.5. The summed E-state index contributed by atoms with van der Waals surface area (Å²) in [5.74, 6) is 0.186. The molecule has 1 aromatic heterocycles. The number of carbonyl (C=O) groups excluding carboxylic acids is 1. The molecule has 2 aromatic carbocycles. The van der Waals surface area contributed by atoms with Crippen LogP contribution >= 0.6 is 0 Å². The molecular formula is C27H27FN4O2. The largest absolute Gasteiger partial charge is 0.399 e. The molecule has 0 unspecified atom stereocenters. The van der Waals surface area contributed by atoms with Crippen molar-refractivity contribution >= 4 is 23.5 Å². The first kappa shape index (κ1) is 22.1. The minimum atomic E-state index is -0.433. The van der Waals surface area contributed by atoms with Crippen molar-refractivity contribution in [3.8, 4) is 22.3 Å². The van der Waals surface area contributed by atoms with E-state index < -0.39 is 5.82 Å². The Morgan fingerprint density at radius 1 is 1.00 bits per heavy atom. The molecule has 174 valence electrons. The molecule has 4 N–H and O–H groups in total. The molecule has 34 heavy (non-hydrogen) atoms. The standard InChI is InChI=1S/C27H27FN4O2/c28-25-13-22(29)5-6-23(25)24-12-21(14-31-26(24)30)19-3-1-17(2-4-19)11-18-15-32(16-18)27(33)20-7-9-34-10-8-20/h1-6,11-14,20H,7-10,15-16,29H2,(H2,30,31). The second-order valence-electron chi connectivity index (χ2n) is 8.90. The number of hydrogen-bond donors (Lipinski definition) is 2. The fourth-order valence-electron chi connectivity index (χ4n) is 4.50. The zero-order valence-corrected chi connectivity index (χ0v) is 18.8. The summed E-state index contributed by atoms with van der Waals surface area (Å²) >= 11 is 0. The number of carbonyl (C=O) groups is 1. The van der Waals surface area contributed by atoms with Gasteiger partial charge in [0.15, 0.2) is 0 Å². The van der Waals surface area contributed by atoms with E-state index in [-0.39, 0.29) is 17.6 Å². The Kier molecular flexibility index (Phi) is 6.02. The molecule has 0 spiro atoms. The predicted octanol–water partition coefficient (Wildman–Crippen LogP) is 4.37. The Balaban J connectivity index is 1.28. The van der Waals surface area contributed by atoms with Gasteiger partial charge in [0.25, 0.3) is 0 Å². The van der Waals surface area contributed by atoms with E-state index in [1.807, 2.05) is 35.2 Å². The summed E-state index contributed by atoms with van der Waals surface area (Å²) in [6.45, 7) is 2.74. The molecule has 2 aliphatic heterocycles. The molecule has 0 radical (unpaired) electrons. The van der Waals surface area contributed by atoms with Crippen LogP contribution in [-0.2, 0) is 9.53 Å². The van der Waals surface area contributed by atoms with Gasteiger partial charge in [0, 0.05) is 60.8 Å². The first-order chi connectivity index (χ1) is 16.5. The third-order valence-corrected chi connectivity index (χ3v) is 6.49. The second kappa shape index (κ2) is 9.27. The van der Waals surface area contributed by atoms with Crippen molar-refractivity contribution < 1.29 is 13.9 Å². The van der Waals surface area contributed by atoms with Crippen molar-refractivity contribution in [2.24, 2.45) is 5.92 Å². The van der Waals surface area contributed by atoms with Gasteiger partial charge in [0.1, 0.15) is 11.6 Å². The minimum Gasteiger partial charge on any atom is -0.399 e. The number of benzene rings is 2. The lowest BCUT2D eigenvalue weighted by molar-refractivity contribution is -0.139. The van der Waals surface area contributed by atoms with Crippen molar-refractivity contribution in [2.75, 3.05) is 37.8 Å². The molecule has 3 aromatic rings. The number of aromatic nitrogens is 1. The summed E-state index contributed by atoms with van der Waals surface area (Å²) in [5.41, 5.74) is 17.1. The lowest BCUT2D eigenvalue weighted by atomic mass is 9.95.